The highest BCUT2D eigenvalue weighted by Crippen LogP contribution is 2.30. The molecule has 1 atom stereocenters. The number of rotatable bonds is 2. The van der Waals surface area contributed by atoms with Crippen molar-refractivity contribution in [2.75, 3.05) is 13.1 Å². The van der Waals surface area contributed by atoms with Gasteiger partial charge in [0.1, 0.15) is 0 Å². The van der Waals surface area contributed by atoms with E-state index in [9.17, 15) is 4.79 Å². The van der Waals surface area contributed by atoms with Gasteiger partial charge in [-0.15, -0.1) is 0 Å². The van der Waals surface area contributed by atoms with Crippen LogP contribution in [0.4, 0.5) is 0 Å². The van der Waals surface area contributed by atoms with Crippen LogP contribution in [0.1, 0.15) is 53.9 Å². The minimum Gasteiger partial charge on any atom is -0.342 e. The van der Waals surface area contributed by atoms with Gasteiger partial charge in [-0.3, -0.25) is 4.79 Å². The van der Waals surface area contributed by atoms with E-state index in [1.807, 2.05) is 13.8 Å². The summed E-state index contributed by atoms with van der Waals surface area (Å²) in [6.45, 7) is 12.8. The fourth-order valence-electron chi connectivity index (χ4n) is 2.66. The van der Waals surface area contributed by atoms with E-state index in [0.29, 0.717) is 17.2 Å². The van der Waals surface area contributed by atoms with Crippen LogP contribution in [0.25, 0.3) is 0 Å². The van der Waals surface area contributed by atoms with E-state index >= 15 is 0 Å². The molecule has 0 spiro atoms. The Labute approximate surface area is 100 Å². The average molecular weight is 225 g/mol. The molecule has 1 amide bonds. The van der Waals surface area contributed by atoms with E-state index in [4.69, 9.17) is 0 Å². The molecule has 1 aliphatic heterocycles. The first-order chi connectivity index (χ1) is 7.29. The van der Waals surface area contributed by atoms with Crippen LogP contribution in [-0.4, -0.2) is 23.9 Å². The standard InChI is InChI=1S/C14H27NO/c1-11(2)13(16)15-8-6-7-12(10-15)9-14(3,4)5/h11-12H,6-10H2,1-5H3/t12-/m0/s1. The fourth-order valence-corrected chi connectivity index (χ4v) is 2.66. The average Bonchev–Trinajstić information content (AvgIpc) is 2.14. The normalized spacial score (nSPS) is 22.6. The smallest absolute Gasteiger partial charge is 0.225 e. The van der Waals surface area contributed by atoms with Crippen molar-refractivity contribution in [3.63, 3.8) is 0 Å². The molecule has 0 radical (unpaired) electrons. The van der Waals surface area contributed by atoms with E-state index in [1.165, 1.54) is 19.3 Å². The van der Waals surface area contributed by atoms with Gasteiger partial charge < -0.3 is 4.90 Å². The molecular weight excluding hydrogens is 198 g/mol. The third-order valence-corrected chi connectivity index (χ3v) is 3.23. The first-order valence-electron chi connectivity index (χ1n) is 6.58. The third-order valence-electron chi connectivity index (χ3n) is 3.23. The lowest BCUT2D eigenvalue weighted by atomic mass is 9.81. The molecule has 1 rings (SSSR count). The Bertz CT molecular complexity index is 240. The van der Waals surface area contributed by atoms with Crippen molar-refractivity contribution in [2.24, 2.45) is 17.3 Å². The first-order valence-corrected chi connectivity index (χ1v) is 6.58. The molecule has 0 aromatic rings. The van der Waals surface area contributed by atoms with Crippen LogP contribution in [0, 0.1) is 17.3 Å². The molecule has 0 N–H and O–H groups in total. The van der Waals surface area contributed by atoms with Gasteiger partial charge in [0.2, 0.25) is 5.91 Å². The lowest BCUT2D eigenvalue weighted by Gasteiger charge is -2.36. The van der Waals surface area contributed by atoms with Crippen molar-refractivity contribution in [3.05, 3.63) is 0 Å². The highest BCUT2D eigenvalue weighted by molar-refractivity contribution is 5.78. The van der Waals surface area contributed by atoms with Crippen LogP contribution in [0.5, 0.6) is 0 Å². The van der Waals surface area contributed by atoms with Gasteiger partial charge in [0.05, 0.1) is 0 Å². The van der Waals surface area contributed by atoms with E-state index in [0.717, 1.165) is 13.1 Å². The van der Waals surface area contributed by atoms with E-state index < -0.39 is 0 Å². The third kappa shape index (κ3) is 4.15. The molecule has 16 heavy (non-hydrogen) atoms. The summed E-state index contributed by atoms with van der Waals surface area (Å²) in [5.41, 5.74) is 0.383. The predicted octanol–water partition coefficient (Wildman–Crippen LogP) is 3.32. The number of carbonyl (C=O) groups excluding carboxylic acids is 1. The Balaban J connectivity index is 2.50. The monoisotopic (exact) mass is 225 g/mol. The first kappa shape index (κ1) is 13.5. The zero-order chi connectivity index (χ0) is 12.3. The molecule has 2 heteroatoms. The lowest BCUT2D eigenvalue weighted by molar-refractivity contribution is -0.136. The number of hydrogen-bond acceptors (Lipinski definition) is 1. The van der Waals surface area contributed by atoms with Crippen molar-refractivity contribution in [1.29, 1.82) is 0 Å². The summed E-state index contributed by atoms with van der Waals surface area (Å²) in [6.07, 6.45) is 3.70. The number of nitrogens with zero attached hydrogens (tertiary/aromatic N) is 1. The summed E-state index contributed by atoms with van der Waals surface area (Å²) in [4.78, 5) is 14.0. The van der Waals surface area contributed by atoms with Crippen molar-refractivity contribution >= 4 is 5.91 Å². The van der Waals surface area contributed by atoms with Crippen LogP contribution in [0.15, 0.2) is 0 Å². The number of amides is 1. The number of likely N-dealkylation sites (tertiary alicyclic amines) is 1. The molecule has 0 saturated carbocycles. The SMILES string of the molecule is CC(C)C(=O)N1CCC[C@@H](CC(C)(C)C)C1. The molecule has 2 nitrogen and oxygen atoms in total. The second-order valence-electron chi connectivity index (χ2n) is 6.71. The maximum atomic E-state index is 11.9. The molecule has 1 fully saturated rings. The zero-order valence-corrected chi connectivity index (χ0v) is 11.5. The molecule has 1 saturated heterocycles. The quantitative estimate of drug-likeness (QED) is 0.706. The van der Waals surface area contributed by atoms with Gasteiger partial charge in [0.25, 0.3) is 0 Å². The summed E-state index contributed by atoms with van der Waals surface area (Å²) < 4.78 is 0. The van der Waals surface area contributed by atoms with Gasteiger partial charge in [-0.2, -0.15) is 0 Å². The lowest BCUT2D eigenvalue weighted by Crippen LogP contribution is -2.42. The van der Waals surface area contributed by atoms with E-state index in [-0.39, 0.29) is 5.92 Å². The Hall–Kier alpha value is -0.530. The highest BCUT2D eigenvalue weighted by Gasteiger charge is 2.27. The van der Waals surface area contributed by atoms with Crippen molar-refractivity contribution in [2.45, 2.75) is 53.9 Å². The largest absolute Gasteiger partial charge is 0.342 e. The Morgan fingerprint density at radius 2 is 2.00 bits per heavy atom. The number of hydrogen-bond donors (Lipinski definition) is 0. The molecule has 0 unspecified atom stereocenters. The maximum absolute atomic E-state index is 11.9. The van der Waals surface area contributed by atoms with Gasteiger partial charge in [-0.05, 0) is 30.6 Å². The van der Waals surface area contributed by atoms with Gasteiger partial charge in [0, 0.05) is 19.0 Å². The molecule has 94 valence electrons. The summed E-state index contributed by atoms with van der Waals surface area (Å²) in [5, 5.41) is 0. The van der Waals surface area contributed by atoms with Gasteiger partial charge >= 0.3 is 0 Å². The topological polar surface area (TPSA) is 20.3 Å². The summed E-state index contributed by atoms with van der Waals surface area (Å²) in [7, 11) is 0. The van der Waals surface area contributed by atoms with E-state index in [1.54, 1.807) is 0 Å². The zero-order valence-electron chi connectivity index (χ0n) is 11.5. The molecule has 0 aliphatic carbocycles. The minimum atomic E-state index is 0.147. The summed E-state index contributed by atoms with van der Waals surface area (Å²) in [6, 6.07) is 0. The van der Waals surface area contributed by atoms with Crippen LogP contribution in [0.3, 0.4) is 0 Å². The van der Waals surface area contributed by atoms with Crippen molar-refractivity contribution in [1.82, 2.24) is 4.90 Å². The fraction of sp³-hybridized carbons (Fsp3) is 0.929. The summed E-state index contributed by atoms with van der Waals surface area (Å²) >= 11 is 0. The Kier molecular flexibility index (Phi) is 4.40. The van der Waals surface area contributed by atoms with Crippen LogP contribution >= 0.6 is 0 Å². The second kappa shape index (κ2) is 5.20. The molecule has 0 bridgehead atoms. The van der Waals surface area contributed by atoms with Gasteiger partial charge in [0.15, 0.2) is 0 Å². The predicted molar refractivity (Wildman–Crippen MR) is 68.2 cm³/mol. The highest BCUT2D eigenvalue weighted by atomic mass is 16.2. The van der Waals surface area contributed by atoms with Crippen LogP contribution in [0.2, 0.25) is 0 Å². The van der Waals surface area contributed by atoms with E-state index in [2.05, 4.69) is 25.7 Å². The van der Waals surface area contributed by atoms with Crippen molar-refractivity contribution in [3.8, 4) is 0 Å². The molecule has 0 aromatic heterocycles. The van der Waals surface area contributed by atoms with Gasteiger partial charge in [-0.1, -0.05) is 34.6 Å². The molecular formula is C14H27NO. The molecule has 1 heterocycles. The molecule has 1 aliphatic rings. The maximum Gasteiger partial charge on any atom is 0.225 e. The Morgan fingerprint density at radius 1 is 1.38 bits per heavy atom. The minimum absolute atomic E-state index is 0.147. The molecule has 0 aromatic carbocycles. The van der Waals surface area contributed by atoms with Gasteiger partial charge in [-0.25, -0.2) is 0 Å². The number of carbonyl (C=O) groups is 1. The van der Waals surface area contributed by atoms with Crippen molar-refractivity contribution < 1.29 is 4.79 Å². The van der Waals surface area contributed by atoms with Crippen LogP contribution < -0.4 is 0 Å². The van der Waals surface area contributed by atoms with Crippen LogP contribution in [-0.2, 0) is 4.79 Å². The Morgan fingerprint density at radius 3 is 2.50 bits per heavy atom. The summed E-state index contributed by atoms with van der Waals surface area (Å²) in [5.74, 6) is 1.18. The number of piperidine rings is 1. The second-order valence-corrected chi connectivity index (χ2v) is 6.71.